The first-order chi connectivity index (χ1) is 16.0. The van der Waals surface area contributed by atoms with E-state index in [9.17, 15) is 8.42 Å². The number of rotatable bonds is 7. The minimum Gasteiger partial charge on any atom is -0.457 e. The minimum absolute atomic E-state index is 0.127. The number of hydrogen-bond acceptors (Lipinski definition) is 3. The highest BCUT2D eigenvalue weighted by atomic mass is 35.5. The van der Waals surface area contributed by atoms with E-state index in [0.29, 0.717) is 5.02 Å². The third kappa shape index (κ3) is 5.11. The molecule has 0 amide bonds. The van der Waals surface area contributed by atoms with Crippen LogP contribution in [0.2, 0.25) is 5.02 Å². The van der Waals surface area contributed by atoms with E-state index in [1.54, 1.807) is 12.1 Å². The lowest BCUT2D eigenvalue weighted by molar-refractivity contribution is 0.482. The van der Waals surface area contributed by atoms with Crippen molar-refractivity contribution < 1.29 is 13.2 Å². The van der Waals surface area contributed by atoms with Gasteiger partial charge in [0.15, 0.2) is 0 Å². The molecule has 33 heavy (non-hydrogen) atoms. The molecule has 1 N–H and O–H groups in total. The number of sulfonamides is 1. The van der Waals surface area contributed by atoms with Gasteiger partial charge in [-0.25, -0.2) is 13.1 Å². The monoisotopic (exact) mass is 475 g/mol. The second-order valence-electron chi connectivity index (χ2n) is 8.09. The topological polar surface area (TPSA) is 55.4 Å². The predicted octanol–water partition coefficient (Wildman–Crippen LogP) is 6.63. The van der Waals surface area contributed by atoms with Crippen molar-refractivity contribution in [3.8, 4) is 22.6 Å². The van der Waals surface area contributed by atoms with Crippen molar-refractivity contribution in [2.75, 3.05) is 0 Å². The van der Waals surface area contributed by atoms with Crippen LogP contribution in [0.15, 0.2) is 108 Å². The van der Waals surface area contributed by atoms with Crippen LogP contribution in [0.5, 0.6) is 11.5 Å². The standard InChI is InChI=1S/C27H22ClNO3S/c28-22-13-9-19(10-14-22)20-11-15-25(16-12-20)33(30,31)29-27-18-26(27)21-5-4-8-24(17-21)32-23-6-2-1-3-7-23/h1-17,26-27,29H,18H2/t26-,27+/m0/s1. The van der Waals surface area contributed by atoms with Crippen LogP contribution in [0.4, 0.5) is 0 Å². The fourth-order valence-corrected chi connectivity index (χ4v) is 5.28. The second kappa shape index (κ2) is 9.02. The minimum atomic E-state index is -3.60. The van der Waals surface area contributed by atoms with Crippen LogP contribution >= 0.6 is 11.6 Å². The number of benzene rings is 4. The van der Waals surface area contributed by atoms with E-state index >= 15 is 0 Å². The van der Waals surface area contributed by atoms with Gasteiger partial charge in [0.25, 0.3) is 0 Å². The van der Waals surface area contributed by atoms with Crippen LogP contribution in [0.1, 0.15) is 17.9 Å². The Bertz CT molecular complexity index is 1350. The molecule has 4 aromatic carbocycles. The van der Waals surface area contributed by atoms with Gasteiger partial charge in [0.05, 0.1) is 4.90 Å². The summed E-state index contributed by atoms with van der Waals surface area (Å²) in [7, 11) is -3.60. The molecule has 1 aliphatic rings. The maximum absolute atomic E-state index is 12.9. The Morgan fingerprint density at radius 2 is 1.39 bits per heavy atom. The summed E-state index contributed by atoms with van der Waals surface area (Å²) in [5.74, 6) is 1.64. The zero-order chi connectivity index (χ0) is 22.8. The highest BCUT2D eigenvalue weighted by Crippen LogP contribution is 2.43. The second-order valence-corrected chi connectivity index (χ2v) is 10.2. The molecule has 1 saturated carbocycles. The first-order valence-corrected chi connectivity index (χ1v) is 12.6. The molecule has 6 heteroatoms. The summed E-state index contributed by atoms with van der Waals surface area (Å²) in [5.41, 5.74) is 2.98. The summed E-state index contributed by atoms with van der Waals surface area (Å²) in [6.07, 6.45) is 0.761. The van der Waals surface area contributed by atoms with Crippen LogP contribution in [-0.2, 0) is 10.0 Å². The Labute approximate surface area is 198 Å². The molecular weight excluding hydrogens is 454 g/mol. The zero-order valence-electron chi connectivity index (χ0n) is 17.7. The Kier molecular flexibility index (Phi) is 5.94. The van der Waals surface area contributed by atoms with Crippen molar-refractivity contribution in [1.29, 1.82) is 0 Å². The molecule has 1 fully saturated rings. The normalized spacial score (nSPS) is 17.5. The van der Waals surface area contributed by atoms with Gasteiger partial charge in [-0.1, -0.05) is 66.2 Å². The molecule has 0 aromatic heterocycles. The van der Waals surface area contributed by atoms with E-state index < -0.39 is 10.0 Å². The predicted molar refractivity (Wildman–Crippen MR) is 131 cm³/mol. The lowest BCUT2D eigenvalue weighted by Crippen LogP contribution is -2.26. The molecule has 4 aromatic rings. The van der Waals surface area contributed by atoms with Crippen LogP contribution < -0.4 is 9.46 Å². The summed E-state index contributed by atoms with van der Waals surface area (Å²) < 4.78 is 34.6. The molecule has 166 valence electrons. The summed E-state index contributed by atoms with van der Waals surface area (Å²) in [4.78, 5) is 0.257. The molecule has 4 nitrogen and oxygen atoms in total. The summed E-state index contributed by atoms with van der Waals surface area (Å²) in [5, 5.41) is 0.665. The average molecular weight is 476 g/mol. The molecule has 1 aliphatic carbocycles. The van der Waals surface area contributed by atoms with E-state index in [1.165, 1.54) is 0 Å². The van der Waals surface area contributed by atoms with Crippen molar-refractivity contribution in [2.24, 2.45) is 0 Å². The molecule has 0 radical (unpaired) electrons. The Morgan fingerprint density at radius 3 is 2.09 bits per heavy atom. The molecule has 0 saturated heterocycles. The number of para-hydroxylation sites is 1. The quantitative estimate of drug-likeness (QED) is 0.326. The third-order valence-corrected chi connectivity index (χ3v) is 7.46. The van der Waals surface area contributed by atoms with Gasteiger partial charge in [0.1, 0.15) is 11.5 Å². The van der Waals surface area contributed by atoms with E-state index in [0.717, 1.165) is 34.6 Å². The smallest absolute Gasteiger partial charge is 0.240 e. The number of ether oxygens (including phenoxy) is 1. The summed E-state index contributed by atoms with van der Waals surface area (Å²) >= 11 is 5.94. The summed E-state index contributed by atoms with van der Waals surface area (Å²) in [6, 6.07) is 31.6. The van der Waals surface area contributed by atoms with E-state index in [1.807, 2.05) is 91.0 Å². The number of nitrogens with one attached hydrogen (secondary N) is 1. The molecule has 0 bridgehead atoms. The van der Waals surface area contributed by atoms with Gasteiger partial charge in [-0.15, -0.1) is 0 Å². The fraction of sp³-hybridized carbons (Fsp3) is 0.111. The summed E-state index contributed by atoms with van der Waals surface area (Å²) in [6.45, 7) is 0. The zero-order valence-corrected chi connectivity index (χ0v) is 19.3. The maximum Gasteiger partial charge on any atom is 0.240 e. The number of halogens is 1. The van der Waals surface area contributed by atoms with Gasteiger partial charge in [-0.3, -0.25) is 0 Å². The van der Waals surface area contributed by atoms with Gasteiger partial charge >= 0.3 is 0 Å². The van der Waals surface area contributed by atoms with Crippen LogP contribution in [-0.4, -0.2) is 14.5 Å². The van der Waals surface area contributed by atoms with Crippen molar-refractivity contribution in [3.05, 3.63) is 114 Å². The Morgan fingerprint density at radius 1 is 0.758 bits per heavy atom. The van der Waals surface area contributed by atoms with E-state index in [2.05, 4.69) is 4.72 Å². The van der Waals surface area contributed by atoms with Gasteiger partial charge in [0, 0.05) is 17.0 Å². The highest BCUT2D eigenvalue weighted by Gasteiger charge is 2.41. The third-order valence-electron chi connectivity index (χ3n) is 5.70. The fourth-order valence-electron chi connectivity index (χ4n) is 3.86. The molecule has 5 rings (SSSR count). The molecule has 0 heterocycles. The maximum atomic E-state index is 12.9. The van der Waals surface area contributed by atoms with E-state index in [4.69, 9.17) is 16.3 Å². The van der Waals surface area contributed by atoms with Gasteiger partial charge in [0.2, 0.25) is 10.0 Å². The Balaban J connectivity index is 1.25. The van der Waals surface area contributed by atoms with E-state index in [-0.39, 0.29) is 16.9 Å². The van der Waals surface area contributed by atoms with Crippen LogP contribution in [0, 0.1) is 0 Å². The van der Waals surface area contributed by atoms with Crippen molar-refractivity contribution >= 4 is 21.6 Å². The molecule has 2 atom stereocenters. The van der Waals surface area contributed by atoms with Gasteiger partial charge < -0.3 is 4.74 Å². The van der Waals surface area contributed by atoms with Crippen molar-refractivity contribution in [3.63, 3.8) is 0 Å². The lowest BCUT2D eigenvalue weighted by Gasteiger charge is -2.09. The van der Waals surface area contributed by atoms with Crippen molar-refractivity contribution in [1.82, 2.24) is 4.72 Å². The SMILES string of the molecule is O=S(=O)(N[C@@H]1C[C@H]1c1cccc(Oc2ccccc2)c1)c1ccc(-c2ccc(Cl)cc2)cc1. The van der Waals surface area contributed by atoms with Crippen LogP contribution in [0.25, 0.3) is 11.1 Å². The van der Waals surface area contributed by atoms with Gasteiger partial charge in [-0.05, 0) is 71.6 Å². The number of hydrogen-bond donors (Lipinski definition) is 1. The first kappa shape index (κ1) is 21.7. The largest absolute Gasteiger partial charge is 0.457 e. The molecule has 0 unspecified atom stereocenters. The Hall–Kier alpha value is -3.12. The molecule has 0 aliphatic heterocycles. The first-order valence-electron chi connectivity index (χ1n) is 10.7. The van der Waals surface area contributed by atoms with Crippen LogP contribution in [0.3, 0.4) is 0 Å². The average Bonchev–Trinajstić information content (AvgIpc) is 3.59. The van der Waals surface area contributed by atoms with Gasteiger partial charge in [-0.2, -0.15) is 0 Å². The van der Waals surface area contributed by atoms with Crippen molar-refractivity contribution in [2.45, 2.75) is 23.3 Å². The molecular formula is C27H22ClNO3S. The highest BCUT2D eigenvalue weighted by molar-refractivity contribution is 7.89. The molecule has 0 spiro atoms. The lowest BCUT2D eigenvalue weighted by atomic mass is 10.1.